The summed E-state index contributed by atoms with van der Waals surface area (Å²) in [6, 6.07) is -0.808. The minimum Gasteiger partial charge on any atom is -0.466 e. The smallest absolute Gasteiger partial charge is 0.305 e. The number of hydrogen-bond donors (Lipinski definition) is 6. The Labute approximate surface area is 504 Å². The molecule has 1 aliphatic heterocycles. The van der Waals surface area contributed by atoms with Crippen molar-refractivity contribution in [3.05, 3.63) is 48.6 Å². The lowest BCUT2D eigenvalue weighted by molar-refractivity contribution is -0.302. The third-order valence-electron chi connectivity index (χ3n) is 16.4. The Bertz CT molecular complexity index is 1500. The SMILES string of the molecule is CCCCCC/C=C\C/C=C\CCCCCCCC(=O)OCCCCCCCCCCCCCC/C=C\CCCCCCCCCCCCCCCC(=O)NC(COC1OC(CO)C(O)C(O)C1O)C(O)/C=C/CCCCCCCCC. The number of nitrogens with one attached hydrogen (secondary N) is 1. The molecule has 82 heavy (non-hydrogen) atoms. The van der Waals surface area contributed by atoms with Crippen molar-refractivity contribution >= 4 is 11.9 Å². The summed E-state index contributed by atoms with van der Waals surface area (Å²) in [6.07, 6.45) is 68.3. The number of esters is 1. The van der Waals surface area contributed by atoms with E-state index in [1.54, 1.807) is 6.08 Å². The van der Waals surface area contributed by atoms with Crippen molar-refractivity contribution in [2.24, 2.45) is 0 Å². The number of carbonyl (C=O) groups is 2. The normalized spacial score (nSPS) is 18.5. The fraction of sp³-hybridized carbons (Fsp3) is 0.859. The number of amides is 1. The Morgan fingerprint density at radius 1 is 0.451 bits per heavy atom. The lowest BCUT2D eigenvalue weighted by Gasteiger charge is -2.40. The molecule has 0 aliphatic carbocycles. The molecule has 0 spiro atoms. The van der Waals surface area contributed by atoms with Crippen molar-refractivity contribution in [3.63, 3.8) is 0 Å². The highest BCUT2D eigenvalue weighted by atomic mass is 16.7. The van der Waals surface area contributed by atoms with Crippen LogP contribution in [0.2, 0.25) is 0 Å². The molecule has 1 amide bonds. The van der Waals surface area contributed by atoms with Crippen LogP contribution in [0.15, 0.2) is 48.6 Å². The van der Waals surface area contributed by atoms with Crippen LogP contribution in [0.5, 0.6) is 0 Å². The quantitative estimate of drug-likeness (QED) is 0.0195. The van der Waals surface area contributed by atoms with E-state index in [1.165, 1.54) is 238 Å². The second-order valence-corrected chi connectivity index (χ2v) is 24.2. The Morgan fingerprint density at radius 3 is 1.26 bits per heavy atom. The van der Waals surface area contributed by atoms with Crippen molar-refractivity contribution in [1.29, 1.82) is 0 Å². The molecule has 0 aromatic rings. The maximum absolute atomic E-state index is 13.0. The van der Waals surface area contributed by atoms with Gasteiger partial charge in [0.15, 0.2) is 6.29 Å². The van der Waals surface area contributed by atoms with Gasteiger partial charge >= 0.3 is 5.97 Å². The van der Waals surface area contributed by atoms with Gasteiger partial charge in [0.25, 0.3) is 0 Å². The van der Waals surface area contributed by atoms with E-state index in [-0.39, 0.29) is 18.5 Å². The predicted molar refractivity (Wildman–Crippen MR) is 343 cm³/mol. The maximum Gasteiger partial charge on any atom is 0.305 e. The number of ether oxygens (including phenoxy) is 3. The van der Waals surface area contributed by atoms with Crippen molar-refractivity contribution in [1.82, 2.24) is 5.32 Å². The van der Waals surface area contributed by atoms with Crippen LogP contribution >= 0.6 is 0 Å². The lowest BCUT2D eigenvalue weighted by atomic mass is 9.99. The monoisotopic (exact) mass is 1160 g/mol. The largest absolute Gasteiger partial charge is 0.466 e. The van der Waals surface area contributed by atoms with Gasteiger partial charge in [0.05, 0.1) is 32.0 Å². The van der Waals surface area contributed by atoms with Crippen LogP contribution in [0.4, 0.5) is 0 Å². The van der Waals surface area contributed by atoms with E-state index in [0.29, 0.717) is 19.4 Å². The van der Waals surface area contributed by atoms with E-state index in [4.69, 9.17) is 14.2 Å². The number of carbonyl (C=O) groups excluding carboxylic acids is 2. The first kappa shape index (κ1) is 77.6. The minimum absolute atomic E-state index is 0.00580. The van der Waals surface area contributed by atoms with Crippen molar-refractivity contribution in [2.75, 3.05) is 19.8 Å². The molecule has 6 N–H and O–H groups in total. The lowest BCUT2D eigenvalue weighted by Crippen LogP contribution is -2.60. The van der Waals surface area contributed by atoms with Gasteiger partial charge in [0, 0.05) is 12.8 Å². The summed E-state index contributed by atoms with van der Waals surface area (Å²) >= 11 is 0. The van der Waals surface area contributed by atoms with Gasteiger partial charge in [-0.3, -0.25) is 9.59 Å². The van der Waals surface area contributed by atoms with Crippen LogP contribution in [0.3, 0.4) is 0 Å². The van der Waals surface area contributed by atoms with E-state index in [1.807, 2.05) is 6.08 Å². The number of rotatable bonds is 61. The molecule has 0 radical (unpaired) electrons. The molecule has 7 atom stereocenters. The van der Waals surface area contributed by atoms with Gasteiger partial charge in [-0.05, 0) is 89.9 Å². The third-order valence-corrected chi connectivity index (χ3v) is 16.4. The van der Waals surface area contributed by atoms with E-state index in [9.17, 15) is 35.1 Å². The highest BCUT2D eigenvalue weighted by Crippen LogP contribution is 2.23. The molecule has 0 aromatic carbocycles. The van der Waals surface area contributed by atoms with Crippen LogP contribution in [0.25, 0.3) is 0 Å². The molecule has 480 valence electrons. The molecule has 11 nitrogen and oxygen atoms in total. The fourth-order valence-corrected chi connectivity index (χ4v) is 10.9. The minimum atomic E-state index is -1.57. The second-order valence-electron chi connectivity index (χ2n) is 24.2. The highest BCUT2D eigenvalue weighted by Gasteiger charge is 2.44. The first-order valence-electron chi connectivity index (χ1n) is 34.9. The summed E-state index contributed by atoms with van der Waals surface area (Å²) in [6.45, 7) is 4.31. The molecule has 1 fully saturated rings. The molecule has 1 rings (SSSR count). The number of allylic oxidation sites excluding steroid dienone is 7. The molecule has 0 saturated carbocycles. The van der Waals surface area contributed by atoms with Crippen molar-refractivity contribution in [2.45, 2.75) is 371 Å². The molecule has 1 saturated heterocycles. The molecular formula is C71H131NO10. The zero-order chi connectivity index (χ0) is 59.5. The predicted octanol–water partition coefficient (Wildman–Crippen LogP) is 17.6. The summed E-state index contributed by atoms with van der Waals surface area (Å²) in [5, 5.41) is 54.3. The molecule has 1 heterocycles. The zero-order valence-corrected chi connectivity index (χ0v) is 53.2. The summed E-state index contributed by atoms with van der Waals surface area (Å²) in [5.41, 5.74) is 0. The first-order chi connectivity index (χ1) is 40.2. The molecule has 0 aromatic heterocycles. The van der Waals surface area contributed by atoms with Gasteiger partial charge in [-0.2, -0.15) is 0 Å². The summed E-state index contributed by atoms with van der Waals surface area (Å²) in [4.78, 5) is 25.1. The Kier molecular flexibility index (Phi) is 57.1. The summed E-state index contributed by atoms with van der Waals surface area (Å²) < 4.78 is 16.7. The Balaban J connectivity index is 1.92. The zero-order valence-electron chi connectivity index (χ0n) is 53.2. The van der Waals surface area contributed by atoms with Gasteiger partial charge < -0.3 is 45.1 Å². The van der Waals surface area contributed by atoms with Gasteiger partial charge in [-0.15, -0.1) is 0 Å². The number of unbranched alkanes of at least 4 members (excludes halogenated alkanes) is 41. The standard InChI is InChI=1S/C71H131NO10/c1-3-5-7-9-11-13-14-15-16-33-36-39-43-47-51-55-59-67(76)80-60-56-52-48-44-40-37-34-31-29-27-25-23-21-19-17-18-20-22-24-26-28-30-32-35-38-42-46-50-54-58-66(75)72-63(64(74)57-53-49-45-41-12-10-8-6-4-2)62-81-71-70(79)69(78)68(77)65(61-73)82-71/h13-14,16-17,19,33,53,57,63-65,68-71,73-74,77-79H,3-12,15,18,20-32,34-52,54-56,58-62H2,1-2H3,(H,72,75)/b14-13-,19-17-,33-16-,57-53+. The van der Waals surface area contributed by atoms with Crippen LogP contribution in [-0.2, 0) is 23.8 Å². The van der Waals surface area contributed by atoms with Crippen LogP contribution in [0.1, 0.15) is 328 Å². The first-order valence-corrected chi connectivity index (χ1v) is 34.9. The number of hydrogen-bond acceptors (Lipinski definition) is 10. The van der Waals surface area contributed by atoms with Gasteiger partial charge in [-0.1, -0.05) is 274 Å². The van der Waals surface area contributed by atoms with Gasteiger partial charge in [0.1, 0.15) is 24.4 Å². The fourth-order valence-electron chi connectivity index (χ4n) is 10.9. The average molecular weight is 1160 g/mol. The van der Waals surface area contributed by atoms with Crippen molar-refractivity contribution in [3.8, 4) is 0 Å². The Morgan fingerprint density at radius 2 is 0.817 bits per heavy atom. The Hall–Kier alpha value is -2.38. The van der Waals surface area contributed by atoms with Crippen LogP contribution < -0.4 is 5.32 Å². The van der Waals surface area contributed by atoms with Crippen LogP contribution in [0, 0.1) is 0 Å². The maximum atomic E-state index is 13.0. The van der Waals surface area contributed by atoms with Gasteiger partial charge in [-0.25, -0.2) is 0 Å². The van der Waals surface area contributed by atoms with E-state index < -0.39 is 49.5 Å². The summed E-state index contributed by atoms with van der Waals surface area (Å²) in [5.74, 6) is -0.188. The van der Waals surface area contributed by atoms with E-state index >= 15 is 0 Å². The second kappa shape index (κ2) is 60.3. The number of aliphatic hydroxyl groups excluding tert-OH is 5. The molecule has 0 bridgehead atoms. The summed E-state index contributed by atoms with van der Waals surface area (Å²) in [7, 11) is 0. The molecule has 11 heteroatoms. The van der Waals surface area contributed by atoms with E-state index in [2.05, 4.69) is 55.6 Å². The van der Waals surface area contributed by atoms with Gasteiger partial charge in [0.2, 0.25) is 5.91 Å². The number of aliphatic hydroxyl groups is 5. The molecular weight excluding hydrogens is 1030 g/mol. The van der Waals surface area contributed by atoms with Crippen molar-refractivity contribution < 1.29 is 49.3 Å². The molecule has 1 aliphatic rings. The average Bonchev–Trinajstić information content (AvgIpc) is 3.64. The highest BCUT2D eigenvalue weighted by molar-refractivity contribution is 5.76. The van der Waals surface area contributed by atoms with E-state index in [0.717, 1.165) is 64.2 Å². The topological polar surface area (TPSA) is 175 Å². The molecule has 7 unspecified atom stereocenters. The third kappa shape index (κ3) is 48.8. The van der Waals surface area contributed by atoms with Crippen LogP contribution in [-0.4, -0.2) is 100 Å².